The van der Waals surface area contributed by atoms with Crippen molar-refractivity contribution in [2.45, 2.75) is 32.6 Å². The van der Waals surface area contributed by atoms with E-state index in [-0.39, 0.29) is 5.75 Å². The molecule has 2 aromatic heterocycles. The highest BCUT2D eigenvalue weighted by molar-refractivity contribution is 5.68. The van der Waals surface area contributed by atoms with Crippen LogP contribution in [0.5, 0.6) is 11.5 Å². The van der Waals surface area contributed by atoms with E-state index in [0.717, 1.165) is 60.5 Å². The van der Waals surface area contributed by atoms with Crippen molar-refractivity contribution in [3.8, 4) is 22.8 Å². The Morgan fingerprint density at radius 2 is 2.04 bits per heavy atom. The Morgan fingerprint density at radius 1 is 1.16 bits per heavy atom. The Hall–Kier alpha value is -2.76. The number of nitrogens with zero attached hydrogens (tertiary/aromatic N) is 3. The Bertz CT molecular complexity index is 904. The van der Waals surface area contributed by atoms with Crippen molar-refractivity contribution in [3.63, 3.8) is 0 Å². The Labute approximate surface area is 146 Å². The molecule has 3 aromatic rings. The molecule has 1 aliphatic rings. The number of aromatic hydroxyl groups is 1. The van der Waals surface area contributed by atoms with E-state index in [0.29, 0.717) is 12.4 Å². The first kappa shape index (κ1) is 15.7. The molecule has 1 aliphatic heterocycles. The van der Waals surface area contributed by atoms with Gasteiger partial charge in [-0.05, 0) is 49.6 Å². The fourth-order valence-electron chi connectivity index (χ4n) is 3.17. The SMILES string of the molecule is Cc1cc2nn3c(cnc13)-c1ccc(O)c(c1)OCCCCCCN2. The normalized spacial score (nSPS) is 15.2. The van der Waals surface area contributed by atoms with Crippen LogP contribution in [0.25, 0.3) is 16.9 Å². The smallest absolute Gasteiger partial charge is 0.161 e. The number of benzene rings is 1. The maximum atomic E-state index is 10.1. The maximum Gasteiger partial charge on any atom is 0.161 e. The molecule has 6 nitrogen and oxygen atoms in total. The van der Waals surface area contributed by atoms with E-state index in [9.17, 15) is 5.11 Å². The summed E-state index contributed by atoms with van der Waals surface area (Å²) < 4.78 is 7.64. The van der Waals surface area contributed by atoms with Crippen molar-refractivity contribution < 1.29 is 9.84 Å². The molecule has 0 amide bonds. The zero-order chi connectivity index (χ0) is 17.2. The van der Waals surface area contributed by atoms with Gasteiger partial charge in [-0.2, -0.15) is 0 Å². The summed E-state index contributed by atoms with van der Waals surface area (Å²) in [7, 11) is 0. The highest BCUT2D eigenvalue weighted by atomic mass is 16.5. The van der Waals surface area contributed by atoms with Crippen molar-refractivity contribution in [1.29, 1.82) is 0 Å². The zero-order valence-corrected chi connectivity index (χ0v) is 14.3. The van der Waals surface area contributed by atoms with Crippen LogP contribution in [-0.2, 0) is 0 Å². The third-order valence-electron chi connectivity index (χ3n) is 4.54. The summed E-state index contributed by atoms with van der Waals surface area (Å²) in [6.07, 6.45) is 6.13. The highest BCUT2D eigenvalue weighted by Crippen LogP contribution is 2.32. The minimum absolute atomic E-state index is 0.161. The standard InChI is InChI=1S/C19H22N4O2/c1-13-10-18-20-8-4-2-3-5-9-25-17-11-14(6-7-16(17)24)15-12-21-19(13)23(15)22-18/h6-7,10-12,24H,2-5,8-9H2,1H3,(H,20,22). The molecule has 0 unspecified atom stereocenters. The summed E-state index contributed by atoms with van der Waals surface area (Å²) in [6.45, 7) is 3.55. The molecule has 0 aliphatic carbocycles. The van der Waals surface area contributed by atoms with Gasteiger partial charge in [-0.15, -0.1) is 5.10 Å². The largest absolute Gasteiger partial charge is 0.504 e. The summed E-state index contributed by atoms with van der Waals surface area (Å²) >= 11 is 0. The van der Waals surface area contributed by atoms with Gasteiger partial charge in [-0.3, -0.25) is 0 Å². The lowest BCUT2D eigenvalue weighted by molar-refractivity contribution is 0.289. The average molecular weight is 338 g/mol. The molecule has 0 fully saturated rings. The second-order valence-electron chi connectivity index (χ2n) is 6.46. The summed E-state index contributed by atoms with van der Waals surface area (Å²) in [5.41, 5.74) is 3.70. The number of ether oxygens (including phenoxy) is 1. The van der Waals surface area contributed by atoms with Crippen LogP contribution in [0.4, 0.5) is 5.82 Å². The molecule has 6 heteroatoms. The van der Waals surface area contributed by atoms with Gasteiger partial charge in [0.25, 0.3) is 0 Å². The zero-order valence-electron chi connectivity index (χ0n) is 14.3. The van der Waals surface area contributed by atoms with E-state index in [2.05, 4.69) is 10.3 Å². The molecule has 3 heterocycles. The average Bonchev–Trinajstić information content (AvgIpc) is 3.02. The van der Waals surface area contributed by atoms with Crippen molar-refractivity contribution in [2.24, 2.45) is 0 Å². The van der Waals surface area contributed by atoms with Crippen LogP contribution in [0.3, 0.4) is 0 Å². The second kappa shape index (κ2) is 6.63. The van der Waals surface area contributed by atoms with E-state index in [1.54, 1.807) is 6.07 Å². The maximum absolute atomic E-state index is 10.1. The lowest BCUT2D eigenvalue weighted by atomic mass is 10.1. The fourth-order valence-corrected chi connectivity index (χ4v) is 3.17. The third-order valence-corrected chi connectivity index (χ3v) is 4.54. The van der Waals surface area contributed by atoms with Gasteiger partial charge in [0.15, 0.2) is 17.1 Å². The molecule has 4 rings (SSSR count). The van der Waals surface area contributed by atoms with Gasteiger partial charge in [0, 0.05) is 12.1 Å². The molecule has 4 bridgehead atoms. The van der Waals surface area contributed by atoms with Crippen LogP contribution in [0.2, 0.25) is 0 Å². The highest BCUT2D eigenvalue weighted by Gasteiger charge is 2.13. The molecule has 0 radical (unpaired) electrons. The van der Waals surface area contributed by atoms with Crippen LogP contribution in [-0.4, -0.2) is 32.9 Å². The number of imidazole rings is 1. The van der Waals surface area contributed by atoms with Crippen molar-refractivity contribution in [3.05, 3.63) is 36.0 Å². The number of aromatic nitrogens is 3. The van der Waals surface area contributed by atoms with Gasteiger partial charge < -0.3 is 15.2 Å². The minimum atomic E-state index is 0.161. The molecule has 0 saturated carbocycles. The second-order valence-corrected chi connectivity index (χ2v) is 6.46. The first-order valence-electron chi connectivity index (χ1n) is 8.78. The predicted octanol–water partition coefficient (Wildman–Crippen LogP) is 3.78. The van der Waals surface area contributed by atoms with Crippen molar-refractivity contribution >= 4 is 11.5 Å². The summed E-state index contributed by atoms with van der Waals surface area (Å²) in [5.74, 6) is 1.52. The van der Waals surface area contributed by atoms with Crippen LogP contribution < -0.4 is 10.1 Å². The number of nitrogens with one attached hydrogen (secondary N) is 1. The van der Waals surface area contributed by atoms with E-state index in [1.807, 2.05) is 35.8 Å². The van der Waals surface area contributed by atoms with Crippen LogP contribution in [0.1, 0.15) is 31.2 Å². The van der Waals surface area contributed by atoms with E-state index < -0.39 is 0 Å². The first-order chi connectivity index (χ1) is 12.2. The monoisotopic (exact) mass is 338 g/mol. The number of aryl methyl sites for hydroxylation is 1. The Kier molecular flexibility index (Phi) is 4.17. The molecular weight excluding hydrogens is 316 g/mol. The summed E-state index contributed by atoms with van der Waals surface area (Å²) in [5, 5.41) is 18.2. The number of fused-ring (bicyclic) bond motifs is 4. The minimum Gasteiger partial charge on any atom is -0.504 e. The Morgan fingerprint density at radius 3 is 2.96 bits per heavy atom. The van der Waals surface area contributed by atoms with Crippen LogP contribution >= 0.6 is 0 Å². The summed E-state index contributed by atoms with van der Waals surface area (Å²) in [6, 6.07) is 7.42. The number of rotatable bonds is 0. The lowest BCUT2D eigenvalue weighted by Gasteiger charge is -2.10. The molecule has 0 spiro atoms. The quantitative estimate of drug-likeness (QED) is 0.653. The molecule has 2 N–H and O–H groups in total. The van der Waals surface area contributed by atoms with Gasteiger partial charge in [-0.25, -0.2) is 9.50 Å². The number of hydrogen-bond donors (Lipinski definition) is 2. The predicted molar refractivity (Wildman–Crippen MR) is 97.3 cm³/mol. The van der Waals surface area contributed by atoms with Crippen LogP contribution in [0.15, 0.2) is 30.5 Å². The van der Waals surface area contributed by atoms with Gasteiger partial charge >= 0.3 is 0 Å². The Balaban J connectivity index is 1.84. The van der Waals surface area contributed by atoms with E-state index in [1.165, 1.54) is 0 Å². The third kappa shape index (κ3) is 3.12. The molecule has 25 heavy (non-hydrogen) atoms. The van der Waals surface area contributed by atoms with E-state index in [4.69, 9.17) is 9.84 Å². The number of hydrogen-bond acceptors (Lipinski definition) is 5. The molecular formula is C19H22N4O2. The van der Waals surface area contributed by atoms with Gasteiger partial charge in [0.05, 0.1) is 18.5 Å². The lowest BCUT2D eigenvalue weighted by Crippen LogP contribution is -2.07. The van der Waals surface area contributed by atoms with Gasteiger partial charge in [0.1, 0.15) is 5.82 Å². The number of phenolic OH excluding ortho intramolecular Hbond substituents is 1. The van der Waals surface area contributed by atoms with Crippen LogP contribution in [0, 0.1) is 6.92 Å². The van der Waals surface area contributed by atoms with Gasteiger partial charge in [0.2, 0.25) is 0 Å². The summed E-state index contributed by atoms with van der Waals surface area (Å²) in [4.78, 5) is 4.51. The molecule has 1 aromatic carbocycles. The van der Waals surface area contributed by atoms with Crippen molar-refractivity contribution in [1.82, 2.24) is 14.6 Å². The van der Waals surface area contributed by atoms with Crippen molar-refractivity contribution in [2.75, 3.05) is 18.5 Å². The molecule has 0 saturated heterocycles. The topological polar surface area (TPSA) is 71.7 Å². The molecule has 0 atom stereocenters. The number of phenols is 1. The molecule has 130 valence electrons. The first-order valence-corrected chi connectivity index (χ1v) is 8.78. The van der Waals surface area contributed by atoms with Gasteiger partial charge in [-0.1, -0.05) is 12.8 Å². The fraction of sp³-hybridized carbons (Fsp3) is 0.368. The number of anilines is 1. The van der Waals surface area contributed by atoms with E-state index >= 15 is 0 Å².